The minimum Gasteiger partial charge on any atom is -0.376 e. The van der Waals surface area contributed by atoms with Crippen molar-refractivity contribution in [3.8, 4) is 0 Å². The van der Waals surface area contributed by atoms with Crippen LogP contribution in [-0.2, 0) is 17.8 Å². The van der Waals surface area contributed by atoms with E-state index in [0.717, 1.165) is 44.3 Å². The van der Waals surface area contributed by atoms with Crippen LogP contribution in [0.15, 0.2) is 11.3 Å². The molecule has 1 saturated heterocycles. The van der Waals surface area contributed by atoms with E-state index in [2.05, 4.69) is 32.7 Å². The second-order valence-corrected chi connectivity index (χ2v) is 4.47. The molecule has 1 unspecified atom stereocenters. The summed E-state index contributed by atoms with van der Waals surface area (Å²) in [6, 6.07) is 0. The third-order valence-corrected chi connectivity index (χ3v) is 3.20. The van der Waals surface area contributed by atoms with Crippen LogP contribution in [0.5, 0.6) is 0 Å². The van der Waals surface area contributed by atoms with Crippen molar-refractivity contribution in [2.45, 2.75) is 39.0 Å². The van der Waals surface area contributed by atoms with Crippen molar-refractivity contribution in [2.24, 2.45) is 4.99 Å². The van der Waals surface area contributed by atoms with Gasteiger partial charge in [0.05, 0.1) is 12.6 Å². The van der Waals surface area contributed by atoms with E-state index in [9.17, 15) is 0 Å². The summed E-state index contributed by atoms with van der Waals surface area (Å²) >= 11 is 0. The molecule has 8 heteroatoms. The number of ether oxygens (including phenoxy) is 1. The number of nitrogens with zero attached hydrogens (tertiary/aromatic N) is 4. The molecule has 0 saturated carbocycles. The first-order valence-electron chi connectivity index (χ1n) is 6.76. The van der Waals surface area contributed by atoms with Gasteiger partial charge in [-0.3, -0.25) is 4.99 Å². The van der Waals surface area contributed by atoms with Crippen LogP contribution in [-0.4, -0.2) is 47.0 Å². The van der Waals surface area contributed by atoms with Crippen molar-refractivity contribution in [1.29, 1.82) is 0 Å². The molecule has 0 spiro atoms. The van der Waals surface area contributed by atoms with Gasteiger partial charge in [-0.25, -0.2) is 0 Å². The van der Waals surface area contributed by atoms with E-state index in [1.165, 1.54) is 0 Å². The lowest BCUT2D eigenvalue weighted by Crippen LogP contribution is -2.41. The number of aliphatic imine (C=N–C) groups is 1. The number of guanidine groups is 1. The highest BCUT2D eigenvalue weighted by molar-refractivity contribution is 14.0. The van der Waals surface area contributed by atoms with Crippen LogP contribution in [0.25, 0.3) is 0 Å². The number of aryl methyl sites for hydroxylation is 1. The lowest BCUT2D eigenvalue weighted by molar-refractivity contribution is 0.114. The number of hydrogen-bond acceptors (Lipinski definition) is 4. The molecule has 1 aliphatic heterocycles. The van der Waals surface area contributed by atoms with E-state index in [-0.39, 0.29) is 24.0 Å². The molecule has 2 rings (SSSR count). The molecule has 0 aromatic carbocycles. The fraction of sp³-hybridized carbons (Fsp3) is 0.750. The summed E-state index contributed by atoms with van der Waals surface area (Å²) in [6.07, 6.45) is 4.31. The predicted octanol–water partition coefficient (Wildman–Crippen LogP) is 0.760. The van der Waals surface area contributed by atoms with Crippen LogP contribution >= 0.6 is 24.0 Å². The van der Waals surface area contributed by atoms with E-state index >= 15 is 0 Å². The Bertz CT molecular complexity index is 416. The van der Waals surface area contributed by atoms with Crippen molar-refractivity contribution in [3.05, 3.63) is 12.2 Å². The maximum Gasteiger partial charge on any atom is 0.191 e. The summed E-state index contributed by atoms with van der Waals surface area (Å²) in [7, 11) is 1.76. The molecule has 0 aliphatic carbocycles. The van der Waals surface area contributed by atoms with E-state index in [0.29, 0.717) is 12.6 Å². The van der Waals surface area contributed by atoms with Crippen LogP contribution in [0, 0.1) is 0 Å². The average molecular weight is 394 g/mol. The highest BCUT2D eigenvalue weighted by Gasteiger charge is 2.15. The first-order chi connectivity index (χ1) is 9.33. The van der Waals surface area contributed by atoms with E-state index in [1.54, 1.807) is 13.4 Å². The molecule has 0 bridgehead atoms. The fourth-order valence-corrected chi connectivity index (χ4v) is 2.08. The Labute approximate surface area is 136 Å². The standard InChI is InChI=1S/C12H22N6O.HI/c1-3-18-9-16-17-11(18)8-15-12(13-2)14-7-10-5-4-6-19-10;/h9-10H,3-8H2,1-2H3,(H2,13,14,15);1H. The van der Waals surface area contributed by atoms with Gasteiger partial charge in [-0.05, 0) is 19.8 Å². The Morgan fingerprint density at radius 2 is 2.40 bits per heavy atom. The van der Waals surface area contributed by atoms with Crippen molar-refractivity contribution >= 4 is 29.9 Å². The van der Waals surface area contributed by atoms with Gasteiger partial charge < -0.3 is 19.9 Å². The first kappa shape index (κ1) is 17.2. The SMILES string of the molecule is CCn1cnnc1CNC(=NC)NCC1CCCO1.I. The summed E-state index contributed by atoms with van der Waals surface area (Å²) in [4.78, 5) is 4.19. The first-order valence-corrected chi connectivity index (χ1v) is 6.76. The van der Waals surface area contributed by atoms with Gasteiger partial charge in [0.15, 0.2) is 11.8 Å². The van der Waals surface area contributed by atoms with Gasteiger partial charge in [-0.1, -0.05) is 0 Å². The van der Waals surface area contributed by atoms with E-state index < -0.39 is 0 Å². The summed E-state index contributed by atoms with van der Waals surface area (Å²) in [6.45, 7) is 5.21. The Kier molecular flexibility index (Phi) is 7.82. The van der Waals surface area contributed by atoms with Crippen LogP contribution in [0.1, 0.15) is 25.6 Å². The third kappa shape index (κ3) is 4.89. The summed E-state index contributed by atoms with van der Waals surface area (Å²) < 4.78 is 7.56. The smallest absolute Gasteiger partial charge is 0.191 e. The van der Waals surface area contributed by atoms with Crippen molar-refractivity contribution in [3.63, 3.8) is 0 Å². The molecule has 1 aromatic rings. The average Bonchev–Trinajstić information content (AvgIpc) is 3.09. The molecular formula is C12H23IN6O. The van der Waals surface area contributed by atoms with Gasteiger partial charge in [-0.2, -0.15) is 0 Å². The maximum absolute atomic E-state index is 5.56. The van der Waals surface area contributed by atoms with Crippen LogP contribution in [0.4, 0.5) is 0 Å². The molecule has 114 valence electrons. The van der Waals surface area contributed by atoms with Crippen LogP contribution in [0.2, 0.25) is 0 Å². The molecule has 1 fully saturated rings. The van der Waals surface area contributed by atoms with Gasteiger partial charge in [-0.15, -0.1) is 34.2 Å². The van der Waals surface area contributed by atoms with Crippen molar-refractivity contribution < 1.29 is 4.74 Å². The lowest BCUT2D eigenvalue weighted by atomic mass is 10.2. The molecule has 1 atom stereocenters. The minimum atomic E-state index is 0. The van der Waals surface area contributed by atoms with Gasteiger partial charge in [0.1, 0.15) is 6.33 Å². The molecule has 1 aromatic heterocycles. The molecule has 0 amide bonds. The molecule has 1 aliphatic rings. The Balaban J connectivity index is 0.00000200. The van der Waals surface area contributed by atoms with Crippen molar-refractivity contribution in [2.75, 3.05) is 20.2 Å². The zero-order chi connectivity index (χ0) is 13.5. The Morgan fingerprint density at radius 1 is 1.55 bits per heavy atom. The zero-order valence-corrected chi connectivity index (χ0v) is 14.3. The summed E-state index contributed by atoms with van der Waals surface area (Å²) in [5, 5.41) is 14.5. The molecule has 20 heavy (non-hydrogen) atoms. The summed E-state index contributed by atoms with van der Waals surface area (Å²) in [5.74, 6) is 1.67. The molecule has 2 heterocycles. The number of nitrogens with one attached hydrogen (secondary N) is 2. The number of aromatic nitrogens is 3. The normalized spacial score (nSPS) is 18.7. The van der Waals surface area contributed by atoms with Gasteiger partial charge in [0.2, 0.25) is 0 Å². The lowest BCUT2D eigenvalue weighted by Gasteiger charge is -2.14. The number of rotatable bonds is 5. The van der Waals surface area contributed by atoms with Gasteiger partial charge in [0, 0.05) is 26.7 Å². The Hall–Kier alpha value is -0.900. The second-order valence-electron chi connectivity index (χ2n) is 4.47. The second kappa shape index (κ2) is 9.11. The molecular weight excluding hydrogens is 371 g/mol. The van der Waals surface area contributed by atoms with Gasteiger partial charge >= 0.3 is 0 Å². The Morgan fingerprint density at radius 3 is 3.05 bits per heavy atom. The van der Waals surface area contributed by atoms with Crippen LogP contribution < -0.4 is 10.6 Å². The topological polar surface area (TPSA) is 76.4 Å². The third-order valence-electron chi connectivity index (χ3n) is 3.20. The predicted molar refractivity (Wildman–Crippen MR) is 88.3 cm³/mol. The molecule has 0 radical (unpaired) electrons. The monoisotopic (exact) mass is 394 g/mol. The van der Waals surface area contributed by atoms with Gasteiger partial charge in [0.25, 0.3) is 0 Å². The van der Waals surface area contributed by atoms with Crippen molar-refractivity contribution in [1.82, 2.24) is 25.4 Å². The van der Waals surface area contributed by atoms with E-state index in [1.807, 2.05) is 4.57 Å². The highest BCUT2D eigenvalue weighted by atomic mass is 127. The number of hydrogen-bond donors (Lipinski definition) is 2. The zero-order valence-electron chi connectivity index (χ0n) is 12.0. The highest BCUT2D eigenvalue weighted by Crippen LogP contribution is 2.10. The quantitative estimate of drug-likeness (QED) is 0.438. The van der Waals surface area contributed by atoms with Crippen LogP contribution in [0.3, 0.4) is 0 Å². The molecule has 7 nitrogen and oxygen atoms in total. The fourth-order valence-electron chi connectivity index (χ4n) is 2.08. The maximum atomic E-state index is 5.56. The summed E-state index contributed by atoms with van der Waals surface area (Å²) in [5.41, 5.74) is 0. The molecule has 2 N–H and O–H groups in total. The number of halogens is 1. The largest absolute Gasteiger partial charge is 0.376 e. The minimum absolute atomic E-state index is 0. The van der Waals surface area contributed by atoms with E-state index in [4.69, 9.17) is 4.74 Å².